The molecule has 0 saturated carbocycles. The van der Waals surface area contributed by atoms with Crippen molar-refractivity contribution in [2.24, 2.45) is 10.7 Å². The van der Waals surface area contributed by atoms with E-state index in [4.69, 9.17) is 13.6 Å². The second-order valence-electron chi connectivity index (χ2n) is 7.08. The number of carbonyl (C=O) groups is 2. The van der Waals surface area contributed by atoms with Gasteiger partial charge in [-0.25, -0.2) is 4.99 Å². The van der Waals surface area contributed by atoms with Crippen LogP contribution in [0.3, 0.4) is 0 Å². The van der Waals surface area contributed by atoms with Gasteiger partial charge in [-0.05, 0) is 30.0 Å². The van der Waals surface area contributed by atoms with E-state index < -0.39 is 11.5 Å². The standard InChI is InChI=1S/C19H19BN4O2S/c1-19(14-9-12(20)10-27-14)16(17(26)23(2)18(21)22-19)11-3-5-13(6-4-11)24-8-7-15(24)25/h3-6,9-10,16H,7-8H2,1-2H3,(H2,21,22)/t16?,19-/m1/s1. The van der Waals surface area contributed by atoms with Crippen molar-refractivity contribution in [3.8, 4) is 0 Å². The summed E-state index contributed by atoms with van der Waals surface area (Å²) >= 11 is 1.47. The highest BCUT2D eigenvalue weighted by molar-refractivity contribution is 7.11. The van der Waals surface area contributed by atoms with Crippen molar-refractivity contribution in [1.82, 2.24) is 4.90 Å². The van der Waals surface area contributed by atoms with Crippen LogP contribution in [0.1, 0.15) is 29.7 Å². The predicted molar refractivity (Wildman–Crippen MR) is 108 cm³/mol. The topological polar surface area (TPSA) is 79.0 Å². The first-order valence-electron chi connectivity index (χ1n) is 8.69. The number of guanidine groups is 1. The van der Waals surface area contributed by atoms with Crippen LogP contribution >= 0.6 is 11.3 Å². The van der Waals surface area contributed by atoms with Gasteiger partial charge in [-0.1, -0.05) is 23.7 Å². The molecule has 2 aliphatic rings. The van der Waals surface area contributed by atoms with Gasteiger partial charge in [0.1, 0.15) is 13.4 Å². The Labute approximate surface area is 163 Å². The number of anilines is 1. The number of carbonyl (C=O) groups excluding carboxylic acids is 2. The SMILES string of the molecule is [B]c1csc([C@@]2(C)N=C(N)N(C)C(=O)C2c2ccc(N3CCC3=O)cc2)c1. The molecule has 0 bridgehead atoms. The normalized spacial score (nSPS) is 25.4. The van der Waals surface area contributed by atoms with Crippen LogP contribution in [0.4, 0.5) is 5.69 Å². The van der Waals surface area contributed by atoms with E-state index in [0.29, 0.717) is 11.9 Å². The second kappa shape index (κ2) is 6.23. The largest absolute Gasteiger partial charge is 0.369 e. The van der Waals surface area contributed by atoms with Crippen molar-refractivity contribution >= 4 is 48.1 Å². The summed E-state index contributed by atoms with van der Waals surface area (Å²) in [6.45, 7) is 2.64. The molecular formula is C19H19BN4O2S. The second-order valence-corrected chi connectivity index (χ2v) is 7.99. The third-order valence-corrected chi connectivity index (χ3v) is 6.51. The van der Waals surface area contributed by atoms with Crippen LogP contribution in [0.2, 0.25) is 0 Å². The van der Waals surface area contributed by atoms with Gasteiger partial charge in [-0.15, -0.1) is 11.3 Å². The number of amides is 2. The van der Waals surface area contributed by atoms with Crippen LogP contribution in [0, 0.1) is 0 Å². The molecule has 0 aliphatic carbocycles. The van der Waals surface area contributed by atoms with E-state index >= 15 is 0 Å². The minimum Gasteiger partial charge on any atom is -0.369 e. The zero-order valence-corrected chi connectivity index (χ0v) is 16.0. The number of rotatable bonds is 3. The molecule has 6 nitrogen and oxygen atoms in total. The molecule has 8 heteroatoms. The van der Waals surface area contributed by atoms with Crippen molar-refractivity contribution in [3.63, 3.8) is 0 Å². The molecule has 1 fully saturated rings. The summed E-state index contributed by atoms with van der Waals surface area (Å²) < 4.78 is 0. The lowest BCUT2D eigenvalue weighted by Crippen LogP contribution is -2.52. The van der Waals surface area contributed by atoms with Crippen LogP contribution in [0.25, 0.3) is 0 Å². The molecule has 1 aromatic heterocycles. The molecule has 136 valence electrons. The lowest BCUT2D eigenvalue weighted by Gasteiger charge is -2.40. The highest BCUT2D eigenvalue weighted by atomic mass is 32.1. The summed E-state index contributed by atoms with van der Waals surface area (Å²) in [7, 11) is 7.54. The van der Waals surface area contributed by atoms with Gasteiger partial charge in [0, 0.05) is 30.6 Å². The van der Waals surface area contributed by atoms with Gasteiger partial charge in [-0.3, -0.25) is 14.5 Å². The fourth-order valence-corrected chi connectivity index (χ4v) is 4.58. The van der Waals surface area contributed by atoms with Gasteiger partial charge in [-0.2, -0.15) is 0 Å². The molecule has 2 N–H and O–H groups in total. The number of thiophene rings is 1. The number of β-lactam (4-membered cyclic amide) rings is 1. The quantitative estimate of drug-likeness (QED) is 0.641. The highest BCUT2D eigenvalue weighted by Crippen LogP contribution is 2.45. The molecule has 3 heterocycles. The van der Waals surface area contributed by atoms with E-state index in [1.54, 1.807) is 11.9 Å². The average molecular weight is 378 g/mol. The molecule has 27 heavy (non-hydrogen) atoms. The number of benzene rings is 1. The Morgan fingerprint density at radius 2 is 2.00 bits per heavy atom. The Morgan fingerprint density at radius 3 is 2.52 bits per heavy atom. The fraction of sp³-hybridized carbons (Fsp3) is 0.316. The monoisotopic (exact) mass is 378 g/mol. The van der Waals surface area contributed by atoms with Gasteiger partial charge in [0.2, 0.25) is 11.8 Å². The van der Waals surface area contributed by atoms with E-state index in [1.165, 1.54) is 16.2 Å². The van der Waals surface area contributed by atoms with Crippen molar-refractivity contribution in [2.45, 2.75) is 24.8 Å². The van der Waals surface area contributed by atoms with Crippen molar-refractivity contribution < 1.29 is 9.59 Å². The first-order valence-corrected chi connectivity index (χ1v) is 9.57. The van der Waals surface area contributed by atoms with Crippen molar-refractivity contribution in [2.75, 3.05) is 18.5 Å². The fourth-order valence-electron chi connectivity index (χ4n) is 3.64. The first kappa shape index (κ1) is 17.8. The van der Waals surface area contributed by atoms with Gasteiger partial charge in [0.15, 0.2) is 5.96 Å². The summed E-state index contributed by atoms with van der Waals surface area (Å²) in [5, 5.41) is 1.84. The van der Waals surface area contributed by atoms with Gasteiger partial charge in [0.25, 0.3) is 0 Å². The zero-order chi connectivity index (χ0) is 19.3. The zero-order valence-electron chi connectivity index (χ0n) is 15.2. The van der Waals surface area contributed by atoms with Crippen LogP contribution in [-0.4, -0.2) is 44.1 Å². The van der Waals surface area contributed by atoms with Crippen molar-refractivity contribution in [1.29, 1.82) is 0 Å². The molecule has 1 aromatic carbocycles. The van der Waals surface area contributed by atoms with E-state index in [0.717, 1.165) is 22.7 Å². The van der Waals surface area contributed by atoms with Gasteiger partial charge >= 0.3 is 0 Å². The minimum absolute atomic E-state index is 0.118. The number of hydrogen-bond donors (Lipinski definition) is 1. The van der Waals surface area contributed by atoms with E-state index in [2.05, 4.69) is 4.99 Å². The van der Waals surface area contributed by atoms with E-state index in [1.807, 2.05) is 42.6 Å². The number of nitrogens with two attached hydrogens (primary N) is 1. The average Bonchev–Trinajstić information content (AvgIpc) is 3.07. The predicted octanol–water partition coefficient (Wildman–Crippen LogP) is 1.06. The molecule has 1 saturated heterocycles. The third kappa shape index (κ3) is 2.75. The molecule has 1 unspecified atom stereocenters. The summed E-state index contributed by atoms with van der Waals surface area (Å²) in [4.78, 5) is 33.5. The van der Waals surface area contributed by atoms with Crippen LogP contribution in [-0.2, 0) is 15.1 Å². The maximum absolute atomic E-state index is 13.1. The summed E-state index contributed by atoms with van der Waals surface area (Å²) in [5.41, 5.74) is 7.49. The van der Waals surface area contributed by atoms with E-state index in [-0.39, 0.29) is 17.8 Å². The molecule has 2 aromatic rings. The highest BCUT2D eigenvalue weighted by Gasteiger charge is 2.47. The number of likely N-dealkylation sites (N-methyl/N-ethyl adjacent to an activating group) is 1. The lowest BCUT2D eigenvalue weighted by atomic mass is 9.77. The van der Waals surface area contributed by atoms with Crippen LogP contribution < -0.4 is 16.1 Å². The minimum atomic E-state index is -0.843. The number of nitrogens with zero attached hydrogens (tertiary/aromatic N) is 3. The number of aliphatic imine (C=N–C) groups is 1. The molecule has 2 aliphatic heterocycles. The maximum Gasteiger partial charge on any atom is 0.239 e. The summed E-state index contributed by atoms with van der Waals surface area (Å²) in [6.07, 6.45) is 0.583. The molecule has 2 amide bonds. The Balaban J connectivity index is 1.78. The molecular weight excluding hydrogens is 359 g/mol. The Kier molecular flexibility index (Phi) is 4.11. The smallest absolute Gasteiger partial charge is 0.239 e. The Hall–Kier alpha value is -2.61. The Bertz CT molecular complexity index is 955. The van der Waals surface area contributed by atoms with Crippen LogP contribution in [0.5, 0.6) is 0 Å². The lowest BCUT2D eigenvalue weighted by molar-refractivity contribution is -0.130. The molecule has 2 radical (unpaired) electrons. The Morgan fingerprint density at radius 1 is 1.30 bits per heavy atom. The maximum atomic E-state index is 13.1. The van der Waals surface area contributed by atoms with Crippen molar-refractivity contribution in [3.05, 3.63) is 46.2 Å². The first-order chi connectivity index (χ1) is 12.8. The van der Waals surface area contributed by atoms with Gasteiger partial charge in [0.05, 0.1) is 5.92 Å². The third-order valence-electron chi connectivity index (χ3n) is 5.34. The van der Waals surface area contributed by atoms with Gasteiger partial charge < -0.3 is 10.6 Å². The van der Waals surface area contributed by atoms with Crippen LogP contribution in [0.15, 0.2) is 40.7 Å². The molecule has 0 spiro atoms. The van der Waals surface area contributed by atoms with E-state index in [9.17, 15) is 9.59 Å². The summed E-state index contributed by atoms with van der Waals surface area (Å²) in [6, 6.07) is 9.39. The molecule has 2 atom stereocenters. The molecule has 4 rings (SSSR count). The number of hydrogen-bond acceptors (Lipinski definition) is 5. The summed E-state index contributed by atoms with van der Waals surface area (Å²) in [5.74, 6) is -0.347.